The fraction of sp³-hybridized carbons (Fsp3) is 0.192. The SMILES string of the molecule is CNC(=O)[C@@H](C)[NH2+]C[C@@H](c1ccccc1)c1c(-c2ccccc2)[nH]c2ccccc12. The fourth-order valence-corrected chi connectivity index (χ4v) is 4.14. The predicted molar refractivity (Wildman–Crippen MR) is 122 cm³/mol. The van der Waals surface area contributed by atoms with Crippen molar-refractivity contribution in [2.45, 2.75) is 18.9 Å². The molecule has 0 aliphatic carbocycles. The third-order valence-corrected chi connectivity index (χ3v) is 5.74. The number of nitrogens with one attached hydrogen (secondary N) is 2. The number of quaternary nitrogens is 1. The number of H-pyrrole nitrogens is 1. The van der Waals surface area contributed by atoms with Crippen LogP contribution in [0.3, 0.4) is 0 Å². The lowest BCUT2D eigenvalue weighted by Crippen LogP contribution is -2.92. The van der Waals surface area contributed by atoms with Crippen LogP contribution in [0.2, 0.25) is 0 Å². The van der Waals surface area contributed by atoms with Gasteiger partial charge in [-0.1, -0.05) is 78.9 Å². The van der Waals surface area contributed by atoms with Crippen LogP contribution in [0.4, 0.5) is 0 Å². The number of para-hydroxylation sites is 1. The molecule has 0 saturated carbocycles. The highest BCUT2D eigenvalue weighted by Gasteiger charge is 2.26. The summed E-state index contributed by atoms with van der Waals surface area (Å²) in [5.41, 5.74) is 5.98. The molecular weight excluding hydrogens is 370 g/mol. The number of hydrogen-bond acceptors (Lipinski definition) is 1. The second-order valence-corrected chi connectivity index (χ2v) is 7.66. The van der Waals surface area contributed by atoms with Gasteiger partial charge in [-0.15, -0.1) is 0 Å². The highest BCUT2D eigenvalue weighted by atomic mass is 16.2. The maximum atomic E-state index is 12.1. The van der Waals surface area contributed by atoms with Crippen molar-refractivity contribution in [1.29, 1.82) is 0 Å². The summed E-state index contributed by atoms with van der Waals surface area (Å²) in [5.74, 6) is 0.189. The van der Waals surface area contributed by atoms with Gasteiger partial charge in [-0.25, -0.2) is 0 Å². The highest BCUT2D eigenvalue weighted by molar-refractivity contribution is 5.92. The molecule has 4 heteroatoms. The second kappa shape index (κ2) is 8.97. The number of fused-ring (bicyclic) bond motifs is 1. The molecule has 0 radical (unpaired) electrons. The molecule has 0 aliphatic rings. The minimum absolute atomic E-state index is 0.0454. The first-order valence-corrected chi connectivity index (χ1v) is 10.4. The maximum absolute atomic E-state index is 12.1. The summed E-state index contributed by atoms with van der Waals surface area (Å²) in [7, 11) is 1.69. The smallest absolute Gasteiger partial charge is 0.277 e. The first-order chi connectivity index (χ1) is 14.7. The molecule has 0 aliphatic heterocycles. The first-order valence-electron chi connectivity index (χ1n) is 10.4. The maximum Gasteiger partial charge on any atom is 0.277 e. The molecule has 1 heterocycles. The van der Waals surface area contributed by atoms with Crippen LogP contribution in [0.25, 0.3) is 22.2 Å². The van der Waals surface area contributed by atoms with Gasteiger partial charge in [-0.3, -0.25) is 4.79 Å². The summed E-state index contributed by atoms with van der Waals surface area (Å²) in [6.45, 7) is 2.73. The molecule has 0 bridgehead atoms. The summed E-state index contributed by atoms with van der Waals surface area (Å²) in [4.78, 5) is 15.8. The number of benzene rings is 3. The fourth-order valence-electron chi connectivity index (χ4n) is 4.14. The van der Waals surface area contributed by atoms with Crippen LogP contribution in [0.5, 0.6) is 0 Å². The largest absolute Gasteiger partial charge is 0.354 e. The molecule has 4 rings (SSSR count). The van der Waals surface area contributed by atoms with E-state index in [2.05, 4.69) is 88.4 Å². The quantitative estimate of drug-likeness (QED) is 0.437. The van der Waals surface area contributed by atoms with Gasteiger partial charge in [0.1, 0.15) is 0 Å². The van der Waals surface area contributed by atoms with Crippen LogP contribution in [-0.4, -0.2) is 30.5 Å². The standard InChI is InChI=1S/C26H27N3O/c1-18(26(30)27-2)28-17-22(19-11-5-3-6-12-19)24-21-15-9-10-16-23(21)29-25(24)20-13-7-4-8-14-20/h3-16,18,22,28-29H,17H2,1-2H3,(H,27,30)/p+1/t18-,22+/m1/s1. The highest BCUT2D eigenvalue weighted by Crippen LogP contribution is 2.38. The number of likely N-dealkylation sites (N-methyl/N-ethyl adjacent to an activating group) is 1. The van der Waals surface area contributed by atoms with E-state index in [1.165, 1.54) is 22.1 Å². The van der Waals surface area contributed by atoms with Crippen molar-refractivity contribution in [3.63, 3.8) is 0 Å². The third-order valence-electron chi connectivity index (χ3n) is 5.74. The number of carbonyl (C=O) groups is 1. The van der Waals surface area contributed by atoms with Gasteiger partial charge in [0.2, 0.25) is 0 Å². The van der Waals surface area contributed by atoms with Gasteiger partial charge in [0.25, 0.3) is 5.91 Å². The lowest BCUT2D eigenvalue weighted by Gasteiger charge is -2.20. The number of amides is 1. The van der Waals surface area contributed by atoms with E-state index in [0.717, 1.165) is 17.8 Å². The van der Waals surface area contributed by atoms with Crippen molar-refractivity contribution in [1.82, 2.24) is 10.3 Å². The van der Waals surface area contributed by atoms with Crippen molar-refractivity contribution in [2.24, 2.45) is 0 Å². The second-order valence-electron chi connectivity index (χ2n) is 7.66. The van der Waals surface area contributed by atoms with Crippen molar-refractivity contribution in [3.05, 3.63) is 96.1 Å². The van der Waals surface area contributed by atoms with Gasteiger partial charge < -0.3 is 15.6 Å². The van der Waals surface area contributed by atoms with E-state index in [4.69, 9.17) is 0 Å². The van der Waals surface area contributed by atoms with E-state index in [-0.39, 0.29) is 17.9 Å². The van der Waals surface area contributed by atoms with Crippen molar-refractivity contribution >= 4 is 16.8 Å². The third kappa shape index (κ3) is 4.00. The molecule has 0 unspecified atom stereocenters. The van der Waals surface area contributed by atoms with Crippen LogP contribution in [0.15, 0.2) is 84.9 Å². The van der Waals surface area contributed by atoms with Crippen LogP contribution in [-0.2, 0) is 4.79 Å². The van der Waals surface area contributed by atoms with Gasteiger partial charge >= 0.3 is 0 Å². The van der Waals surface area contributed by atoms with Gasteiger partial charge in [-0.05, 0) is 29.7 Å². The van der Waals surface area contributed by atoms with Crippen LogP contribution >= 0.6 is 0 Å². The van der Waals surface area contributed by atoms with E-state index in [0.29, 0.717) is 0 Å². The molecule has 4 N–H and O–H groups in total. The zero-order valence-electron chi connectivity index (χ0n) is 17.4. The Morgan fingerprint density at radius 2 is 1.57 bits per heavy atom. The molecule has 152 valence electrons. The van der Waals surface area contributed by atoms with Crippen LogP contribution in [0.1, 0.15) is 24.0 Å². The molecule has 1 amide bonds. The van der Waals surface area contributed by atoms with E-state index < -0.39 is 0 Å². The Labute approximate surface area is 177 Å². The van der Waals surface area contributed by atoms with Gasteiger partial charge in [0.15, 0.2) is 6.04 Å². The normalized spacial score (nSPS) is 13.1. The number of rotatable bonds is 7. The zero-order chi connectivity index (χ0) is 20.9. The average Bonchev–Trinajstić information content (AvgIpc) is 3.19. The molecule has 0 spiro atoms. The van der Waals surface area contributed by atoms with E-state index in [1.807, 2.05) is 19.1 Å². The minimum Gasteiger partial charge on any atom is -0.354 e. The Kier molecular flexibility index (Phi) is 5.96. The molecule has 0 fully saturated rings. The lowest BCUT2D eigenvalue weighted by molar-refractivity contribution is -0.674. The Morgan fingerprint density at radius 1 is 0.933 bits per heavy atom. The van der Waals surface area contributed by atoms with Crippen molar-refractivity contribution in [3.8, 4) is 11.3 Å². The summed E-state index contributed by atoms with van der Waals surface area (Å²) >= 11 is 0. The first kappa shape index (κ1) is 19.9. The number of nitrogens with two attached hydrogens (primary N) is 1. The Morgan fingerprint density at radius 3 is 2.27 bits per heavy atom. The monoisotopic (exact) mass is 398 g/mol. The van der Waals surface area contributed by atoms with E-state index in [1.54, 1.807) is 7.05 Å². The molecule has 2 atom stereocenters. The lowest BCUT2D eigenvalue weighted by atomic mass is 9.87. The van der Waals surface area contributed by atoms with Crippen molar-refractivity contribution < 1.29 is 10.1 Å². The zero-order valence-corrected chi connectivity index (χ0v) is 17.4. The van der Waals surface area contributed by atoms with Gasteiger partial charge in [0.05, 0.1) is 18.2 Å². The van der Waals surface area contributed by atoms with Gasteiger partial charge in [0, 0.05) is 18.0 Å². The number of carbonyl (C=O) groups excluding carboxylic acids is 1. The molecule has 3 aromatic carbocycles. The molecular formula is C26H28N3O+. The Balaban J connectivity index is 1.85. The van der Waals surface area contributed by atoms with Crippen molar-refractivity contribution in [2.75, 3.05) is 13.6 Å². The molecule has 4 nitrogen and oxygen atoms in total. The number of aromatic nitrogens is 1. The molecule has 4 aromatic rings. The van der Waals surface area contributed by atoms with Crippen LogP contribution in [0, 0.1) is 0 Å². The van der Waals surface area contributed by atoms with Gasteiger partial charge in [-0.2, -0.15) is 0 Å². The number of aromatic amines is 1. The minimum atomic E-state index is -0.147. The Hall–Kier alpha value is -3.37. The summed E-state index contributed by atoms with van der Waals surface area (Å²) < 4.78 is 0. The van der Waals surface area contributed by atoms with E-state index >= 15 is 0 Å². The molecule has 0 saturated heterocycles. The Bertz CT molecular complexity index is 1120. The average molecular weight is 399 g/mol. The summed E-state index contributed by atoms with van der Waals surface area (Å²) in [5, 5.41) is 6.11. The summed E-state index contributed by atoms with van der Waals surface area (Å²) in [6.07, 6.45) is 0. The van der Waals surface area contributed by atoms with E-state index in [9.17, 15) is 4.79 Å². The topological polar surface area (TPSA) is 61.5 Å². The van der Waals surface area contributed by atoms with Crippen LogP contribution < -0.4 is 10.6 Å². The number of hydrogen-bond donors (Lipinski definition) is 3. The summed E-state index contributed by atoms with van der Waals surface area (Å²) in [6, 6.07) is 29.4. The molecule has 1 aromatic heterocycles. The predicted octanol–water partition coefficient (Wildman–Crippen LogP) is 3.66. The molecule has 30 heavy (non-hydrogen) atoms.